The highest BCUT2D eigenvalue weighted by molar-refractivity contribution is 9.12. The Morgan fingerprint density at radius 2 is 1.95 bits per heavy atom. The fraction of sp³-hybridized carbons (Fsp3) is 0.286. The van der Waals surface area contributed by atoms with E-state index in [-0.39, 0.29) is 11.9 Å². The molecule has 108 valence electrons. The van der Waals surface area contributed by atoms with Crippen molar-refractivity contribution in [1.29, 1.82) is 0 Å². The van der Waals surface area contributed by atoms with E-state index in [1.54, 1.807) is 23.5 Å². The zero-order chi connectivity index (χ0) is 14.7. The molecule has 1 aromatic carbocycles. The van der Waals surface area contributed by atoms with Gasteiger partial charge in [0.15, 0.2) is 0 Å². The number of hydrogen-bond acceptors (Lipinski definition) is 2. The summed E-state index contributed by atoms with van der Waals surface area (Å²) < 4.78 is 16.6. The maximum Gasteiger partial charge on any atom is 0.123 e. The minimum absolute atomic E-state index is 0.0445. The predicted octanol–water partition coefficient (Wildman–Crippen LogP) is 6.26. The number of benzene rings is 1. The van der Waals surface area contributed by atoms with Crippen LogP contribution in [-0.2, 0) is 0 Å². The Balaban J connectivity index is 2.46. The van der Waals surface area contributed by atoms with Gasteiger partial charge in [-0.15, -0.1) is 11.3 Å². The standard InChI is InChI=1S/C14H13Br3FNS/c1-2-5-19-13(10-7-12(16)20-14(10)17)9-6-8(18)3-4-11(9)15/h3-4,6-7,13,19H,2,5H2,1H3. The van der Waals surface area contributed by atoms with Crippen molar-refractivity contribution in [3.63, 3.8) is 0 Å². The Hall–Kier alpha value is 0.250. The van der Waals surface area contributed by atoms with Gasteiger partial charge in [-0.05, 0) is 80.2 Å². The first-order valence-electron chi connectivity index (χ1n) is 6.16. The third kappa shape index (κ3) is 3.91. The van der Waals surface area contributed by atoms with E-state index in [4.69, 9.17) is 0 Å². The summed E-state index contributed by atoms with van der Waals surface area (Å²) in [4.78, 5) is 0. The molecule has 20 heavy (non-hydrogen) atoms. The van der Waals surface area contributed by atoms with Crippen molar-refractivity contribution < 1.29 is 4.39 Å². The number of halogens is 4. The van der Waals surface area contributed by atoms with E-state index >= 15 is 0 Å². The Bertz CT molecular complexity index is 600. The minimum atomic E-state index is -0.225. The van der Waals surface area contributed by atoms with Crippen molar-refractivity contribution >= 4 is 59.1 Å². The Labute approximate surface area is 147 Å². The highest BCUT2D eigenvalue weighted by Crippen LogP contribution is 2.39. The van der Waals surface area contributed by atoms with E-state index in [2.05, 4.69) is 66.1 Å². The van der Waals surface area contributed by atoms with Crippen molar-refractivity contribution in [2.24, 2.45) is 0 Å². The molecule has 0 aliphatic rings. The van der Waals surface area contributed by atoms with Crippen molar-refractivity contribution in [2.45, 2.75) is 19.4 Å². The van der Waals surface area contributed by atoms with Gasteiger partial charge in [0, 0.05) is 4.47 Å². The molecule has 0 saturated heterocycles. The summed E-state index contributed by atoms with van der Waals surface area (Å²) in [6.45, 7) is 2.98. The molecule has 0 aliphatic carbocycles. The van der Waals surface area contributed by atoms with Crippen molar-refractivity contribution in [3.05, 3.63) is 53.3 Å². The van der Waals surface area contributed by atoms with E-state index in [0.717, 1.165) is 36.1 Å². The van der Waals surface area contributed by atoms with Gasteiger partial charge >= 0.3 is 0 Å². The molecule has 1 heterocycles. The Kier molecular flexibility index (Phi) is 6.23. The van der Waals surface area contributed by atoms with Gasteiger partial charge in [-0.1, -0.05) is 22.9 Å². The summed E-state index contributed by atoms with van der Waals surface area (Å²) >= 11 is 12.2. The SMILES string of the molecule is CCCNC(c1cc(F)ccc1Br)c1cc(Br)sc1Br. The molecule has 0 aliphatic heterocycles. The maximum absolute atomic E-state index is 13.6. The molecule has 2 aromatic rings. The van der Waals surface area contributed by atoms with Gasteiger partial charge in [-0.3, -0.25) is 0 Å². The summed E-state index contributed by atoms with van der Waals surface area (Å²) in [5.41, 5.74) is 2.02. The second-order valence-corrected chi connectivity index (χ2v) is 8.94. The van der Waals surface area contributed by atoms with Gasteiger partial charge in [-0.2, -0.15) is 0 Å². The quantitative estimate of drug-likeness (QED) is 0.526. The first-order valence-corrected chi connectivity index (χ1v) is 9.35. The molecule has 1 N–H and O–H groups in total. The molecule has 1 nitrogen and oxygen atoms in total. The second-order valence-electron chi connectivity index (χ2n) is 4.33. The molecular weight excluding hydrogens is 473 g/mol. The van der Waals surface area contributed by atoms with Crippen molar-refractivity contribution in [1.82, 2.24) is 5.32 Å². The average molecular weight is 486 g/mol. The lowest BCUT2D eigenvalue weighted by Gasteiger charge is -2.20. The van der Waals surface area contributed by atoms with Crippen LogP contribution in [0.2, 0.25) is 0 Å². The zero-order valence-corrected chi connectivity index (χ0v) is 16.3. The highest BCUT2D eigenvalue weighted by atomic mass is 79.9. The molecule has 1 aromatic heterocycles. The van der Waals surface area contributed by atoms with Crippen LogP contribution in [0.3, 0.4) is 0 Å². The van der Waals surface area contributed by atoms with Gasteiger partial charge in [0.1, 0.15) is 5.82 Å². The van der Waals surface area contributed by atoms with Crippen molar-refractivity contribution in [3.8, 4) is 0 Å². The average Bonchev–Trinajstić information content (AvgIpc) is 2.73. The first-order chi connectivity index (χ1) is 9.52. The van der Waals surface area contributed by atoms with Crippen LogP contribution in [0.25, 0.3) is 0 Å². The highest BCUT2D eigenvalue weighted by Gasteiger charge is 2.21. The fourth-order valence-electron chi connectivity index (χ4n) is 1.96. The zero-order valence-electron chi connectivity index (χ0n) is 10.7. The van der Waals surface area contributed by atoms with Crippen LogP contribution in [0, 0.1) is 5.82 Å². The van der Waals surface area contributed by atoms with E-state index in [1.165, 1.54) is 6.07 Å². The lowest BCUT2D eigenvalue weighted by atomic mass is 10.0. The molecule has 0 spiro atoms. The van der Waals surface area contributed by atoms with Gasteiger partial charge in [0.25, 0.3) is 0 Å². The normalized spacial score (nSPS) is 12.7. The van der Waals surface area contributed by atoms with E-state index < -0.39 is 0 Å². The molecule has 0 bridgehead atoms. The smallest absolute Gasteiger partial charge is 0.123 e. The largest absolute Gasteiger partial charge is 0.306 e. The second kappa shape index (κ2) is 7.49. The van der Waals surface area contributed by atoms with Crippen LogP contribution in [0.1, 0.15) is 30.5 Å². The summed E-state index contributed by atoms with van der Waals surface area (Å²) in [5, 5.41) is 3.48. The molecule has 0 radical (unpaired) electrons. The minimum Gasteiger partial charge on any atom is -0.306 e. The number of nitrogens with one attached hydrogen (secondary N) is 1. The third-order valence-electron chi connectivity index (χ3n) is 2.86. The van der Waals surface area contributed by atoms with Crippen molar-refractivity contribution in [2.75, 3.05) is 6.54 Å². The summed E-state index contributed by atoms with van der Waals surface area (Å²) in [7, 11) is 0. The molecule has 2 rings (SSSR count). The third-order valence-corrected chi connectivity index (χ3v) is 5.97. The molecule has 1 unspecified atom stereocenters. The number of thiophene rings is 1. The molecular formula is C14H13Br3FNS. The fourth-order valence-corrected chi connectivity index (χ4v) is 5.34. The maximum atomic E-state index is 13.6. The van der Waals surface area contributed by atoms with Crippen LogP contribution in [0.4, 0.5) is 4.39 Å². The number of hydrogen-bond donors (Lipinski definition) is 1. The Morgan fingerprint density at radius 3 is 2.55 bits per heavy atom. The molecule has 0 amide bonds. The predicted molar refractivity (Wildman–Crippen MR) is 94.0 cm³/mol. The lowest BCUT2D eigenvalue weighted by molar-refractivity contribution is 0.583. The first kappa shape index (κ1) is 16.6. The summed E-state index contributed by atoms with van der Waals surface area (Å²) in [5.74, 6) is -0.225. The molecule has 0 saturated carbocycles. The van der Waals surface area contributed by atoms with Crippen LogP contribution >= 0.6 is 59.1 Å². The Morgan fingerprint density at radius 1 is 1.20 bits per heavy atom. The van der Waals surface area contributed by atoms with E-state index in [1.807, 2.05) is 0 Å². The molecule has 1 atom stereocenters. The van der Waals surface area contributed by atoms with E-state index in [0.29, 0.717) is 0 Å². The summed E-state index contributed by atoms with van der Waals surface area (Å²) in [6, 6.07) is 6.82. The number of rotatable bonds is 5. The monoisotopic (exact) mass is 483 g/mol. The molecule has 6 heteroatoms. The van der Waals surface area contributed by atoms with E-state index in [9.17, 15) is 4.39 Å². The molecule has 0 fully saturated rings. The van der Waals surface area contributed by atoms with Crippen LogP contribution in [-0.4, -0.2) is 6.54 Å². The van der Waals surface area contributed by atoms with Crippen LogP contribution in [0.15, 0.2) is 36.3 Å². The summed E-state index contributed by atoms with van der Waals surface area (Å²) in [6.07, 6.45) is 1.02. The lowest BCUT2D eigenvalue weighted by Crippen LogP contribution is -2.23. The van der Waals surface area contributed by atoms with Crippen LogP contribution < -0.4 is 5.32 Å². The van der Waals surface area contributed by atoms with Gasteiger partial charge in [-0.25, -0.2) is 4.39 Å². The van der Waals surface area contributed by atoms with Crippen LogP contribution in [0.5, 0.6) is 0 Å². The van der Waals surface area contributed by atoms with Gasteiger partial charge < -0.3 is 5.32 Å². The topological polar surface area (TPSA) is 12.0 Å². The van der Waals surface area contributed by atoms with Gasteiger partial charge in [0.05, 0.1) is 13.6 Å². The van der Waals surface area contributed by atoms with Gasteiger partial charge in [0.2, 0.25) is 0 Å².